The minimum atomic E-state index is -4.62. The van der Waals surface area contributed by atoms with Crippen molar-refractivity contribution in [3.63, 3.8) is 0 Å². The van der Waals surface area contributed by atoms with Crippen molar-refractivity contribution in [3.05, 3.63) is 59.5 Å². The number of hydrogen-bond donors (Lipinski definition) is 1. The predicted octanol–water partition coefficient (Wildman–Crippen LogP) is 4.48. The molecule has 1 atom stereocenters. The number of amides is 1. The summed E-state index contributed by atoms with van der Waals surface area (Å²) < 4.78 is 46.4. The number of nitrogens with one attached hydrogen (secondary N) is 1. The summed E-state index contributed by atoms with van der Waals surface area (Å²) in [5.41, 5.74) is -0.688. The van der Waals surface area contributed by atoms with Crippen molar-refractivity contribution in [2.45, 2.75) is 33.0 Å². The molecule has 10 heteroatoms. The summed E-state index contributed by atoms with van der Waals surface area (Å²) in [6.45, 7) is 5.70. The van der Waals surface area contributed by atoms with Gasteiger partial charge >= 0.3 is 6.18 Å². The van der Waals surface area contributed by atoms with Crippen molar-refractivity contribution >= 4 is 5.91 Å². The lowest BCUT2D eigenvalue weighted by Crippen LogP contribution is -2.29. The van der Waals surface area contributed by atoms with Crippen molar-refractivity contribution in [2.75, 3.05) is 0 Å². The Morgan fingerprint density at radius 2 is 1.70 bits per heavy atom. The van der Waals surface area contributed by atoms with Crippen LogP contribution in [0.3, 0.4) is 0 Å². The number of hydrogen-bond acceptors (Lipinski definition) is 4. The molecular weight excluding hydrogens is 399 g/mol. The largest absolute Gasteiger partial charge is 0.438 e. The number of para-hydroxylation sites is 1. The van der Waals surface area contributed by atoms with Gasteiger partial charge in [-0.2, -0.15) is 18.3 Å². The zero-order valence-corrected chi connectivity index (χ0v) is 17.4. The quantitative estimate of drug-likeness (QED) is 0.657. The molecule has 30 heavy (non-hydrogen) atoms. The first kappa shape index (κ1) is 23.0. The van der Waals surface area contributed by atoms with Gasteiger partial charge < -0.3 is 10.1 Å². The molecule has 2 aromatic heterocycles. The van der Waals surface area contributed by atoms with E-state index in [0.29, 0.717) is 17.3 Å². The van der Waals surface area contributed by atoms with Crippen LogP contribution in [0.15, 0.2) is 42.5 Å². The lowest BCUT2D eigenvalue weighted by atomic mass is 10.2. The molecular formula is C20H24F3N5O2. The van der Waals surface area contributed by atoms with Crippen molar-refractivity contribution < 1.29 is 22.7 Å². The predicted molar refractivity (Wildman–Crippen MR) is 105 cm³/mol. The summed E-state index contributed by atoms with van der Waals surface area (Å²) in [4.78, 5) is 12.4. The lowest BCUT2D eigenvalue weighted by Gasteiger charge is -2.13. The van der Waals surface area contributed by atoms with Gasteiger partial charge in [0.25, 0.3) is 5.91 Å². The monoisotopic (exact) mass is 423 g/mol. The Labute approximate surface area is 172 Å². The second-order valence-corrected chi connectivity index (χ2v) is 6.18. The Balaban J connectivity index is 0.00000155. The molecule has 0 saturated carbocycles. The molecule has 0 aliphatic heterocycles. The number of halogens is 3. The zero-order valence-electron chi connectivity index (χ0n) is 17.4. The summed E-state index contributed by atoms with van der Waals surface area (Å²) in [6.07, 6.45) is -4.62. The van der Waals surface area contributed by atoms with E-state index in [0.717, 1.165) is 10.7 Å². The standard InChI is InChI=1S/C18H18F3N5O2.C2H6/c1-11(22-17(27)14-9-15(18(19,20)21)23-26(14)3)13-10-16(24-25(13)2)28-12-7-5-4-6-8-12;1-2/h4-11H,1-3H3,(H,22,27);1-2H3. The van der Waals surface area contributed by atoms with E-state index in [2.05, 4.69) is 15.5 Å². The minimum Gasteiger partial charge on any atom is -0.438 e. The fraction of sp³-hybridized carbons (Fsp3) is 0.350. The number of ether oxygens (including phenoxy) is 1. The van der Waals surface area contributed by atoms with Crippen LogP contribution in [-0.2, 0) is 20.3 Å². The van der Waals surface area contributed by atoms with Gasteiger partial charge in [0, 0.05) is 26.2 Å². The third kappa shape index (κ3) is 5.40. The number of aryl methyl sites for hydroxylation is 2. The van der Waals surface area contributed by atoms with E-state index in [9.17, 15) is 18.0 Å². The highest BCUT2D eigenvalue weighted by Gasteiger charge is 2.35. The van der Waals surface area contributed by atoms with E-state index in [-0.39, 0.29) is 5.69 Å². The Morgan fingerprint density at radius 3 is 2.27 bits per heavy atom. The van der Waals surface area contributed by atoms with E-state index in [1.165, 1.54) is 11.7 Å². The molecule has 1 aromatic carbocycles. The van der Waals surface area contributed by atoms with Gasteiger partial charge in [0.2, 0.25) is 5.88 Å². The van der Waals surface area contributed by atoms with E-state index < -0.39 is 23.8 Å². The summed E-state index contributed by atoms with van der Waals surface area (Å²) >= 11 is 0. The maximum absolute atomic E-state index is 12.8. The van der Waals surface area contributed by atoms with E-state index in [1.54, 1.807) is 32.2 Å². The average Bonchev–Trinajstić information content (AvgIpc) is 3.26. The van der Waals surface area contributed by atoms with Gasteiger partial charge in [0.1, 0.15) is 11.4 Å². The fourth-order valence-corrected chi connectivity index (χ4v) is 2.68. The van der Waals surface area contributed by atoms with Crippen molar-refractivity contribution in [3.8, 4) is 11.6 Å². The highest BCUT2D eigenvalue weighted by atomic mass is 19.4. The van der Waals surface area contributed by atoms with Gasteiger partial charge in [-0.3, -0.25) is 14.2 Å². The van der Waals surface area contributed by atoms with Gasteiger partial charge in [-0.25, -0.2) is 0 Å². The van der Waals surface area contributed by atoms with Crippen LogP contribution in [0.1, 0.15) is 48.7 Å². The molecule has 0 fully saturated rings. The molecule has 162 valence electrons. The molecule has 1 N–H and O–H groups in total. The Hall–Kier alpha value is -3.30. The van der Waals surface area contributed by atoms with Gasteiger partial charge in [-0.05, 0) is 19.1 Å². The normalized spacial score (nSPS) is 12.0. The second-order valence-electron chi connectivity index (χ2n) is 6.18. The van der Waals surface area contributed by atoms with Crippen LogP contribution < -0.4 is 10.1 Å². The summed E-state index contributed by atoms with van der Waals surface area (Å²) in [5, 5.41) is 10.2. The Kier molecular flexibility index (Phi) is 7.25. The first-order valence-electron chi connectivity index (χ1n) is 9.34. The summed E-state index contributed by atoms with van der Waals surface area (Å²) in [7, 11) is 2.96. The van der Waals surface area contributed by atoms with Crippen LogP contribution in [0.5, 0.6) is 11.6 Å². The molecule has 0 aliphatic rings. The van der Waals surface area contributed by atoms with Crippen molar-refractivity contribution in [1.82, 2.24) is 24.9 Å². The van der Waals surface area contributed by atoms with E-state index in [1.807, 2.05) is 32.0 Å². The molecule has 0 radical (unpaired) electrons. The first-order chi connectivity index (χ1) is 14.1. The smallest absolute Gasteiger partial charge is 0.435 e. The van der Waals surface area contributed by atoms with Crippen molar-refractivity contribution in [2.24, 2.45) is 14.1 Å². The summed E-state index contributed by atoms with van der Waals surface area (Å²) in [6, 6.07) is 10.9. The number of carbonyl (C=O) groups is 1. The van der Waals surface area contributed by atoms with Crippen LogP contribution in [0, 0.1) is 0 Å². The molecule has 0 spiro atoms. The van der Waals surface area contributed by atoms with E-state index >= 15 is 0 Å². The molecule has 1 amide bonds. The number of nitrogens with zero attached hydrogens (tertiary/aromatic N) is 4. The molecule has 2 heterocycles. The minimum absolute atomic E-state index is 0.192. The topological polar surface area (TPSA) is 74.0 Å². The third-order valence-corrected chi connectivity index (χ3v) is 4.05. The van der Waals surface area contributed by atoms with Crippen molar-refractivity contribution in [1.29, 1.82) is 0 Å². The Bertz CT molecular complexity index is 980. The van der Waals surface area contributed by atoms with Gasteiger partial charge in [-0.1, -0.05) is 32.0 Å². The van der Waals surface area contributed by atoms with Gasteiger partial charge in [0.05, 0.1) is 11.7 Å². The highest BCUT2D eigenvalue weighted by molar-refractivity contribution is 5.92. The maximum atomic E-state index is 12.8. The molecule has 0 bridgehead atoms. The van der Waals surface area contributed by atoms with Crippen LogP contribution in [0.2, 0.25) is 0 Å². The molecule has 3 aromatic rings. The number of aromatic nitrogens is 4. The number of carbonyl (C=O) groups excluding carboxylic acids is 1. The number of benzene rings is 1. The van der Waals surface area contributed by atoms with Crippen LogP contribution in [-0.4, -0.2) is 25.5 Å². The van der Waals surface area contributed by atoms with Gasteiger partial charge in [-0.15, -0.1) is 5.10 Å². The lowest BCUT2D eigenvalue weighted by molar-refractivity contribution is -0.141. The number of alkyl halides is 3. The van der Waals surface area contributed by atoms with E-state index in [4.69, 9.17) is 4.74 Å². The molecule has 3 rings (SSSR count). The van der Waals surface area contributed by atoms with Crippen LogP contribution in [0.4, 0.5) is 13.2 Å². The molecule has 0 aliphatic carbocycles. The van der Waals surface area contributed by atoms with Gasteiger partial charge in [0.15, 0.2) is 5.69 Å². The zero-order chi connectivity index (χ0) is 22.5. The SMILES string of the molecule is CC.CC(NC(=O)c1cc(C(F)(F)F)nn1C)c1cc(Oc2ccccc2)nn1C. The number of rotatable bonds is 5. The first-order valence-corrected chi connectivity index (χ1v) is 9.34. The highest BCUT2D eigenvalue weighted by Crippen LogP contribution is 2.28. The molecule has 1 unspecified atom stereocenters. The fourth-order valence-electron chi connectivity index (χ4n) is 2.68. The third-order valence-electron chi connectivity index (χ3n) is 4.05. The maximum Gasteiger partial charge on any atom is 0.435 e. The average molecular weight is 423 g/mol. The molecule has 7 nitrogen and oxygen atoms in total. The molecule has 0 saturated heterocycles. The Morgan fingerprint density at radius 1 is 1.07 bits per heavy atom. The van der Waals surface area contributed by atoms with Crippen LogP contribution in [0.25, 0.3) is 0 Å². The summed E-state index contributed by atoms with van der Waals surface area (Å²) in [5.74, 6) is 0.271. The van der Waals surface area contributed by atoms with Crippen LogP contribution >= 0.6 is 0 Å². The second kappa shape index (κ2) is 9.47.